The molecule has 2 aromatic rings. The molecule has 1 aliphatic rings. The Hall–Kier alpha value is -1.32. The highest BCUT2D eigenvalue weighted by Gasteiger charge is 2.19. The van der Waals surface area contributed by atoms with Gasteiger partial charge < -0.3 is 10.1 Å². The minimum atomic E-state index is 0.265. The van der Waals surface area contributed by atoms with Crippen LogP contribution >= 0.6 is 11.3 Å². The summed E-state index contributed by atoms with van der Waals surface area (Å²) in [5, 5.41) is 3.47. The SMILES string of the molecule is CCOc1cccc(C(NC)c2cc3c(s2)CCCC3)c1. The summed E-state index contributed by atoms with van der Waals surface area (Å²) in [5.41, 5.74) is 2.85. The molecule has 1 aromatic carbocycles. The molecular formula is C18H23NOS. The van der Waals surface area contributed by atoms with Gasteiger partial charge in [-0.3, -0.25) is 0 Å². The average Bonchev–Trinajstić information content (AvgIpc) is 2.92. The van der Waals surface area contributed by atoms with Crippen molar-refractivity contribution >= 4 is 11.3 Å². The van der Waals surface area contributed by atoms with E-state index in [0.29, 0.717) is 6.61 Å². The zero-order valence-corrected chi connectivity index (χ0v) is 13.6. The van der Waals surface area contributed by atoms with Gasteiger partial charge >= 0.3 is 0 Å². The first-order valence-corrected chi connectivity index (χ1v) is 8.65. The van der Waals surface area contributed by atoms with Crippen molar-refractivity contribution in [2.45, 2.75) is 38.6 Å². The highest BCUT2D eigenvalue weighted by atomic mass is 32.1. The second kappa shape index (κ2) is 6.63. The maximum atomic E-state index is 5.63. The van der Waals surface area contributed by atoms with Crippen molar-refractivity contribution in [2.75, 3.05) is 13.7 Å². The highest BCUT2D eigenvalue weighted by Crippen LogP contribution is 2.35. The summed E-state index contributed by atoms with van der Waals surface area (Å²) in [6.07, 6.45) is 5.20. The van der Waals surface area contributed by atoms with Crippen molar-refractivity contribution in [3.05, 3.63) is 51.2 Å². The fraction of sp³-hybridized carbons (Fsp3) is 0.444. The number of rotatable bonds is 5. The molecule has 21 heavy (non-hydrogen) atoms. The van der Waals surface area contributed by atoms with Crippen LogP contribution in [-0.2, 0) is 12.8 Å². The maximum absolute atomic E-state index is 5.63. The first-order chi connectivity index (χ1) is 10.3. The minimum absolute atomic E-state index is 0.265. The van der Waals surface area contributed by atoms with Gasteiger partial charge in [-0.05, 0) is 69.0 Å². The van der Waals surface area contributed by atoms with Crippen LogP contribution in [0.1, 0.15) is 46.7 Å². The second-order valence-corrected chi connectivity index (χ2v) is 6.70. The van der Waals surface area contributed by atoms with E-state index in [1.54, 1.807) is 10.4 Å². The lowest BCUT2D eigenvalue weighted by atomic mass is 9.98. The zero-order valence-electron chi connectivity index (χ0n) is 12.8. The standard InChI is InChI=1S/C18H23NOS/c1-3-20-15-9-6-8-14(11-15)18(19-2)17-12-13-7-4-5-10-16(13)21-17/h6,8-9,11-12,18-19H,3-5,7,10H2,1-2H3. The molecule has 0 saturated carbocycles. The third-order valence-electron chi connectivity index (χ3n) is 4.09. The number of aryl methyl sites for hydroxylation is 2. The van der Waals surface area contributed by atoms with Crippen molar-refractivity contribution in [2.24, 2.45) is 0 Å². The lowest BCUT2D eigenvalue weighted by molar-refractivity contribution is 0.339. The Bertz CT molecular complexity index is 582. The lowest BCUT2D eigenvalue weighted by Gasteiger charge is -2.16. The molecule has 2 nitrogen and oxygen atoms in total. The van der Waals surface area contributed by atoms with E-state index >= 15 is 0 Å². The van der Waals surface area contributed by atoms with Gasteiger partial charge in [-0.15, -0.1) is 11.3 Å². The first kappa shape index (κ1) is 14.6. The molecule has 0 saturated heterocycles. The largest absolute Gasteiger partial charge is 0.494 e. The van der Waals surface area contributed by atoms with Crippen molar-refractivity contribution < 1.29 is 4.74 Å². The van der Waals surface area contributed by atoms with Crippen molar-refractivity contribution in [1.82, 2.24) is 5.32 Å². The van der Waals surface area contributed by atoms with Crippen molar-refractivity contribution in [3.63, 3.8) is 0 Å². The Morgan fingerprint density at radius 3 is 2.86 bits per heavy atom. The predicted octanol–water partition coefficient (Wildman–Crippen LogP) is 4.33. The molecular weight excluding hydrogens is 278 g/mol. The van der Waals surface area contributed by atoms with E-state index in [0.717, 1.165) is 5.75 Å². The molecule has 0 fully saturated rings. The molecule has 1 N–H and O–H groups in total. The van der Waals surface area contributed by atoms with Crippen LogP contribution in [0.25, 0.3) is 0 Å². The summed E-state index contributed by atoms with van der Waals surface area (Å²) in [7, 11) is 2.04. The van der Waals surface area contributed by atoms with Crippen LogP contribution in [0.3, 0.4) is 0 Å². The van der Waals surface area contributed by atoms with Gasteiger partial charge in [0.15, 0.2) is 0 Å². The molecule has 3 rings (SSSR count). The number of ether oxygens (including phenoxy) is 1. The number of fused-ring (bicyclic) bond motifs is 1. The fourth-order valence-corrected chi connectivity index (χ4v) is 4.48. The second-order valence-electron chi connectivity index (χ2n) is 5.53. The van der Waals surface area contributed by atoms with Gasteiger partial charge in [-0.1, -0.05) is 12.1 Å². The third-order valence-corrected chi connectivity index (χ3v) is 5.39. The Kier molecular flexibility index (Phi) is 4.61. The van der Waals surface area contributed by atoms with Crippen LogP contribution in [0.15, 0.2) is 30.3 Å². The quantitative estimate of drug-likeness (QED) is 0.887. The Morgan fingerprint density at radius 2 is 2.10 bits per heavy atom. The Balaban J connectivity index is 1.90. The normalized spacial score (nSPS) is 15.5. The number of hydrogen-bond donors (Lipinski definition) is 1. The van der Waals surface area contributed by atoms with E-state index < -0.39 is 0 Å². The molecule has 0 aliphatic heterocycles. The Labute approximate surface area is 131 Å². The molecule has 3 heteroatoms. The van der Waals surface area contributed by atoms with E-state index in [2.05, 4.69) is 29.6 Å². The molecule has 1 heterocycles. The van der Waals surface area contributed by atoms with Crippen molar-refractivity contribution in [1.29, 1.82) is 0 Å². The van der Waals surface area contributed by atoms with E-state index in [4.69, 9.17) is 4.74 Å². The third kappa shape index (κ3) is 3.14. The number of nitrogens with one attached hydrogen (secondary N) is 1. The molecule has 0 bridgehead atoms. The molecule has 1 unspecified atom stereocenters. The minimum Gasteiger partial charge on any atom is -0.494 e. The monoisotopic (exact) mass is 301 g/mol. The highest BCUT2D eigenvalue weighted by molar-refractivity contribution is 7.12. The molecule has 0 amide bonds. The Morgan fingerprint density at radius 1 is 1.24 bits per heavy atom. The van der Waals surface area contributed by atoms with Gasteiger partial charge in [-0.2, -0.15) is 0 Å². The van der Waals surface area contributed by atoms with E-state index in [1.807, 2.05) is 31.4 Å². The van der Waals surface area contributed by atoms with Gasteiger partial charge in [0.25, 0.3) is 0 Å². The van der Waals surface area contributed by atoms with Crippen LogP contribution in [0.5, 0.6) is 5.75 Å². The van der Waals surface area contributed by atoms with Crippen molar-refractivity contribution in [3.8, 4) is 5.75 Å². The van der Waals surface area contributed by atoms with Crippen LogP contribution < -0.4 is 10.1 Å². The van der Waals surface area contributed by atoms with Crippen LogP contribution in [0.4, 0.5) is 0 Å². The molecule has 112 valence electrons. The summed E-state index contributed by atoms with van der Waals surface area (Å²) in [4.78, 5) is 3.02. The predicted molar refractivity (Wildman–Crippen MR) is 89.5 cm³/mol. The first-order valence-electron chi connectivity index (χ1n) is 7.83. The summed E-state index contributed by atoms with van der Waals surface area (Å²) in [6, 6.07) is 11.1. The smallest absolute Gasteiger partial charge is 0.119 e. The van der Waals surface area contributed by atoms with E-state index in [1.165, 1.54) is 36.1 Å². The summed E-state index contributed by atoms with van der Waals surface area (Å²) in [6.45, 7) is 2.73. The van der Waals surface area contributed by atoms with E-state index in [9.17, 15) is 0 Å². The van der Waals surface area contributed by atoms with Gasteiger partial charge in [0.2, 0.25) is 0 Å². The van der Waals surface area contributed by atoms with Crippen LogP contribution in [0.2, 0.25) is 0 Å². The van der Waals surface area contributed by atoms with Gasteiger partial charge in [0.05, 0.1) is 12.6 Å². The summed E-state index contributed by atoms with van der Waals surface area (Å²) < 4.78 is 5.63. The lowest BCUT2D eigenvalue weighted by Crippen LogP contribution is -2.16. The molecule has 1 atom stereocenters. The number of hydrogen-bond acceptors (Lipinski definition) is 3. The maximum Gasteiger partial charge on any atom is 0.119 e. The zero-order chi connectivity index (χ0) is 14.7. The molecule has 0 radical (unpaired) electrons. The summed E-state index contributed by atoms with van der Waals surface area (Å²) in [5.74, 6) is 0.955. The average molecular weight is 301 g/mol. The number of thiophene rings is 1. The molecule has 0 spiro atoms. The van der Waals surface area contributed by atoms with Gasteiger partial charge in [0, 0.05) is 9.75 Å². The molecule has 1 aromatic heterocycles. The van der Waals surface area contributed by atoms with Crippen LogP contribution in [-0.4, -0.2) is 13.7 Å². The summed E-state index contributed by atoms with van der Waals surface area (Å²) >= 11 is 1.98. The van der Waals surface area contributed by atoms with Gasteiger partial charge in [-0.25, -0.2) is 0 Å². The number of benzene rings is 1. The topological polar surface area (TPSA) is 21.3 Å². The van der Waals surface area contributed by atoms with Crippen LogP contribution in [0, 0.1) is 0 Å². The van der Waals surface area contributed by atoms with E-state index in [-0.39, 0.29) is 6.04 Å². The fourth-order valence-electron chi connectivity index (χ4n) is 3.08. The van der Waals surface area contributed by atoms with Gasteiger partial charge in [0.1, 0.15) is 5.75 Å². The molecule has 1 aliphatic carbocycles.